The van der Waals surface area contributed by atoms with Crippen molar-refractivity contribution in [2.75, 3.05) is 33.4 Å². The fourth-order valence-electron chi connectivity index (χ4n) is 5.48. The van der Waals surface area contributed by atoms with Crippen molar-refractivity contribution in [2.24, 2.45) is 11.3 Å². The van der Waals surface area contributed by atoms with Crippen LogP contribution in [0.15, 0.2) is 24.4 Å². The first-order chi connectivity index (χ1) is 15.0. The number of piperidine rings is 1. The highest BCUT2D eigenvalue weighted by Gasteiger charge is 2.35. The van der Waals surface area contributed by atoms with Crippen LogP contribution in [0.2, 0.25) is 5.02 Å². The van der Waals surface area contributed by atoms with E-state index in [1.54, 1.807) is 13.3 Å². The maximum atomic E-state index is 11.1. The quantitative estimate of drug-likeness (QED) is 0.598. The van der Waals surface area contributed by atoms with Gasteiger partial charge in [0.1, 0.15) is 5.75 Å². The van der Waals surface area contributed by atoms with Gasteiger partial charge >= 0.3 is 0 Å². The number of methoxy groups -OCH3 is 1. The van der Waals surface area contributed by atoms with Crippen LogP contribution in [0.1, 0.15) is 63.0 Å². The number of fused-ring (bicyclic) bond motifs is 1. The summed E-state index contributed by atoms with van der Waals surface area (Å²) in [4.78, 5) is 6.97. The molecule has 0 bridgehead atoms. The summed E-state index contributed by atoms with van der Waals surface area (Å²) in [6, 6.07) is 5.63. The first-order valence-corrected chi connectivity index (χ1v) is 12.0. The standard InChI is InChI=1S/C25H35ClN2O3/c1-31-19-6-7-22-20(14-19)24(21(26)15-27-22)23(30)8-9-25(17-29)10-12-28(13-11-25)16-18-4-2-3-5-18/h6-7,14-15,18,23,29-30H,2-5,8-13,16-17H2,1H3/t23-/m0/s1. The Hall–Kier alpha value is -1.40. The Morgan fingerprint density at radius 1 is 1.26 bits per heavy atom. The highest BCUT2D eigenvalue weighted by molar-refractivity contribution is 6.32. The van der Waals surface area contributed by atoms with Gasteiger partial charge in [0.15, 0.2) is 0 Å². The summed E-state index contributed by atoms with van der Waals surface area (Å²) in [7, 11) is 1.62. The lowest BCUT2D eigenvalue weighted by Crippen LogP contribution is -2.43. The first-order valence-electron chi connectivity index (χ1n) is 11.7. The number of benzene rings is 1. The number of hydrogen-bond donors (Lipinski definition) is 2. The third-order valence-electron chi connectivity index (χ3n) is 7.59. The zero-order valence-electron chi connectivity index (χ0n) is 18.5. The summed E-state index contributed by atoms with van der Waals surface area (Å²) in [6.45, 7) is 3.48. The third-order valence-corrected chi connectivity index (χ3v) is 7.89. The Morgan fingerprint density at radius 3 is 2.68 bits per heavy atom. The molecule has 0 amide bonds. The number of halogens is 1. The molecule has 1 aromatic carbocycles. The molecule has 6 heteroatoms. The Balaban J connectivity index is 1.41. The molecule has 1 saturated carbocycles. The minimum absolute atomic E-state index is 0.111. The van der Waals surface area contributed by atoms with Crippen LogP contribution in [-0.2, 0) is 0 Å². The SMILES string of the molecule is COc1ccc2ncc(Cl)c([C@@H](O)CCC3(CO)CCN(CC4CCCC4)CC3)c2c1. The molecule has 1 atom stereocenters. The number of likely N-dealkylation sites (tertiary alicyclic amines) is 1. The van der Waals surface area contributed by atoms with Crippen molar-refractivity contribution in [1.29, 1.82) is 0 Å². The summed E-state index contributed by atoms with van der Waals surface area (Å²) >= 11 is 6.46. The zero-order chi connectivity index (χ0) is 21.8. The van der Waals surface area contributed by atoms with Gasteiger partial charge in [-0.1, -0.05) is 24.4 Å². The van der Waals surface area contributed by atoms with E-state index in [1.807, 2.05) is 18.2 Å². The third kappa shape index (κ3) is 5.16. The monoisotopic (exact) mass is 446 g/mol. The summed E-state index contributed by atoms with van der Waals surface area (Å²) in [5.74, 6) is 1.58. The lowest BCUT2D eigenvalue weighted by atomic mass is 9.74. The highest BCUT2D eigenvalue weighted by atomic mass is 35.5. The lowest BCUT2D eigenvalue weighted by Gasteiger charge is -2.42. The average molecular weight is 447 g/mol. The van der Waals surface area contributed by atoms with Gasteiger partial charge in [-0.05, 0) is 81.1 Å². The molecule has 2 aliphatic rings. The lowest BCUT2D eigenvalue weighted by molar-refractivity contribution is 0.0197. The van der Waals surface area contributed by atoms with Crippen molar-refractivity contribution in [3.63, 3.8) is 0 Å². The topological polar surface area (TPSA) is 65.8 Å². The van der Waals surface area contributed by atoms with Crippen molar-refractivity contribution in [3.05, 3.63) is 35.0 Å². The molecule has 0 spiro atoms. The Morgan fingerprint density at radius 2 is 2.00 bits per heavy atom. The Kier molecular flexibility index (Phi) is 7.37. The van der Waals surface area contributed by atoms with Crippen molar-refractivity contribution in [3.8, 4) is 5.75 Å². The first kappa shape index (κ1) is 22.8. The van der Waals surface area contributed by atoms with Gasteiger partial charge in [0, 0.05) is 30.3 Å². The molecule has 2 N–H and O–H groups in total. The second kappa shape index (κ2) is 10.0. The van der Waals surface area contributed by atoms with Crippen LogP contribution in [0.4, 0.5) is 0 Å². The van der Waals surface area contributed by atoms with Crippen LogP contribution >= 0.6 is 11.6 Å². The number of aromatic nitrogens is 1. The maximum Gasteiger partial charge on any atom is 0.119 e. The molecular formula is C25H35ClN2O3. The van der Waals surface area contributed by atoms with Crippen LogP contribution in [0.5, 0.6) is 5.75 Å². The van der Waals surface area contributed by atoms with E-state index in [9.17, 15) is 10.2 Å². The van der Waals surface area contributed by atoms with E-state index in [0.717, 1.165) is 49.2 Å². The van der Waals surface area contributed by atoms with Gasteiger partial charge < -0.3 is 19.8 Å². The largest absolute Gasteiger partial charge is 0.497 e. The van der Waals surface area contributed by atoms with Crippen LogP contribution < -0.4 is 4.74 Å². The molecule has 31 heavy (non-hydrogen) atoms. The van der Waals surface area contributed by atoms with E-state index >= 15 is 0 Å². The van der Waals surface area contributed by atoms with Gasteiger partial charge in [0.2, 0.25) is 0 Å². The van der Waals surface area contributed by atoms with E-state index in [2.05, 4.69) is 9.88 Å². The van der Waals surface area contributed by atoms with Gasteiger partial charge in [-0.2, -0.15) is 0 Å². The number of ether oxygens (including phenoxy) is 1. The molecule has 0 radical (unpaired) electrons. The molecule has 4 rings (SSSR count). The number of aliphatic hydroxyl groups excluding tert-OH is 2. The van der Waals surface area contributed by atoms with E-state index in [0.29, 0.717) is 22.8 Å². The molecule has 1 aliphatic heterocycles. The summed E-state index contributed by atoms with van der Waals surface area (Å²) in [5.41, 5.74) is 1.38. The molecule has 2 fully saturated rings. The maximum absolute atomic E-state index is 11.1. The van der Waals surface area contributed by atoms with Crippen molar-refractivity contribution >= 4 is 22.5 Å². The van der Waals surface area contributed by atoms with Gasteiger partial charge in [-0.3, -0.25) is 4.98 Å². The normalized spacial score (nSPS) is 20.9. The molecule has 2 heterocycles. The van der Waals surface area contributed by atoms with Crippen molar-refractivity contribution in [2.45, 2.75) is 57.5 Å². The van der Waals surface area contributed by atoms with Crippen LogP contribution in [0, 0.1) is 11.3 Å². The number of pyridine rings is 1. The predicted octanol–water partition coefficient (Wildman–Crippen LogP) is 4.98. The van der Waals surface area contributed by atoms with Gasteiger partial charge in [-0.25, -0.2) is 0 Å². The van der Waals surface area contributed by atoms with E-state index in [1.165, 1.54) is 32.2 Å². The minimum atomic E-state index is -0.704. The average Bonchev–Trinajstić information content (AvgIpc) is 3.31. The van der Waals surface area contributed by atoms with Gasteiger partial charge in [-0.15, -0.1) is 0 Å². The predicted molar refractivity (Wildman–Crippen MR) is 125 cm³/mol. The summed E-state index contributed by atoms with van der Waals surface area (Å²) < 4.78 is 5.35. The van der Waals surface area contributed by atoms with Crippen molar-refractivity contribution in [1.82, 2.24) is 9.88 Å². The zero-order valence-corrected chi connectivity index (χ0v) is 19.3. The molecule has 5 nitrogen and oxygen atoms in total. The van der Waals surface area contributed by atoms with Gasteiger partial charge in [0.05, 0.1) is 23.8 Å². The molecular weight excluding hydrogens is 412 g/mol. The van der Waals surface area contributed by atoms with E-state index in [4.69, 9.17) is 16.3 Å². The van der Waals surface area contributed by atoms with E-state index in [-0.39, 0.29) is 12.0 Å². The molecule has 1 aromatic heterocycles. The number of hydrogen-bond acceptors (Lipinski definition) is 5. The summed E-state index contributed by atoms with van der Waals surface area (Å²) in [5, 5.41) is 22.6. The smallest absolute Gasteiger partial charge is 0.119 e. The van der Waals surface area contributed by atoms with Crippen LogP contribution in [-0.4, -0.2) is 53.4 Å². The molecule has 1 saturated heterocycles. The minimum Gasteiger partial charge on any atom is -0.497 e. The molecule has 0 unspecified atom stereocenters. The number of aliphatic hydroxyl groups is 2. The van der Waals surface area contributed by atoms with E-state index < -0.39 is 6.10 Å². The Bertz CT molecular complexity index is 876. The molecule has 1 aliphatic carbocycles. The van der Waals surface area contributed by atoms with Gasteiger partial charge in [0.25, 0.3) is 0 Å². The van der Waals surface area contributed by atoms with Crippen LogP contribution in [0.3, 0.4) is 0 Å². The second-order valence-electron chi connectivity index (χ2n) is 9.57. The number of rotatable bonds is 8. The fourth-order valence-corrected chi connectivity index (χ4v) is 5.75. The van der Waals surface area contributed by atoms with Crippen LogP contribution in [0.25, 0.3) is 10.9 Å². The molecule has 2 aromatic rings. The molecule has 170 valence electrons. The second-order valence-corrected chi connectivity index (χ2v) is 9.97. The highest BCUT2D eigenvalue weighted by Crippen LogP contribution is 2.41. The Labute approximate surface area is 190 Å². The summed E-state index contributed by atoms with van der Waals surface area (Å²) in [6.07, 6.45) is 9.75. The fraction of sp³-hybridized carbons (Fsp3) is 0.640. The van der Waals surface area contributed by atoms with Crippen molar-refractivity contribution < 1.29 is 14.9 Å². The number of nitrogens with zero attached hydrogens (tertiary/aromatic N) is 2.